The first-order chi connectivity index (χ1) is 8.18. The molecule has 4 nitrogen and oxygen atoms in total. The van der Waals surface area contributed by atoms with Gasteiger partial charge in [-0.3, -0.25) is 0 Å². The number of nitrogens with one attached hydrogen (secondary N) is 2. The maximum atomic E-state index is 9.81. The summed E-state index contributed by atoms with van der Waals surface area (Å²) < 4.78 is 0. The minimum Gasteiger partial charge on any atom is -0.507 e. The fourth-order valence-electron chi connectivity index (χ4n) is 1.62. The van der Waals surface area contributed by atoms with Crippen molar-refractivity contribution >= 4 is 34.3 Å². The van der Waals surface area contributed by atoms with Crippen LogP contribution in [0, 0.1) is 0 Å². The molecule has 0 spiro atoms. The van der Waals surface area contributed by atoms with E-state index in [9.17, 15) is 5.11 Å². The summed E-state index contributed by atoms with van der Waals surface area (Å²) in [5, 5.41) is 14.7. The molecule has 0 aliphatic heterocycles. The zero-order valence-corrected chi connectivity index (χ0v) is 9.79. The highest BCUT2D eigenvalue weighted by atomic mass is 32.1. The van der Waals surface area contributed by atoms with E-state index >= 15 is 0 Å². The molecular weight excluding hydrogens is 234 g/mol. The number of benzene rings is 2. The van der Waals surface area contributed by atoms with E-state index in [-0.39, 0.29) is 10.9 Å². The van der Waals surface area contributed by atoms with Crippen LogP contribution in [0.5, 0.6) is 5.75 Å². The van der Waals surface area contributed by atoms with Gasteiger partial charge in [0.25, 0.3) is 0 Å². The minimum atomic E-state index is 0.140. The van der Waals surface area contributed by atoms with Crippen molar-refractivity contribution in [1.29, 1.82) is 0 Å². The van der Waals surface area contributed by atoms with Crippen molar-refractivity contribution in [3.63, 3.8) is 0 Å². The molecule has 0 fully saturated rings. The van der Waals surface area contributed by atoms with E-state index in [1.165, 1.54) is 0 Å². The highest BCUT2D eigenvalue weighted by Gasteiger charge is 2.06. The fraction of sp³-hybridized carbons (Fsp3) is 0. The second-order valence-electron chi connectivity index (χ2n) is 3.50. The van der Waals surface area contributed by atoms with Crippen molar-refractivity contribution in [2.75, 3.05) is 0 Å². The molecule has 0 atom stereocenters. The van der Waals surface area contributed by atoms with E-state index in [2.05, 4.69) is 22.7 Å². The highest BCUT2D eigenvalue weighted by molar-refractivity contribution is 7.80. The van der Waals surface area contributed by atoms with Crippen molar-refractivity contribution in [2.45, 2.75) is 0 Å². The van der Waals surface area contributed by atoms with Gasteiger partial charge in [0.2, 0.25) is 11.3 Å². The Kier molecular flexibility index (Phi) is 3.20. The van der Waals surface area contributed by atoms with Crippen LogP contribution in [-0.2, 0) is 0 Å². The van der Waals surface area contributed by atoms with Crippen molar-refractivity contribution < 1.29 is 10.2 Å². The fourth-order valence-corrected chi connectivity index (χ4v) is 1.67. The van der Waals surface area contributed by atoms with Gasteiger partial charge in [0.05, 0.1) is 5.56 Å². The molecule has 0 saturated carbocycles. The lowest BCUT2D eigenvalue weighted by Crippen LogP contribution is -2.82. The Bertz CT molecular complexity index is 595. The van der Waals surface area contributed by atoms with Crippen LogP contribution in [0.4, 0.5) is 0 Å². The molecule has 0 unspecified atom stereocenters. The molecule has 2 rings (SSSR count). The molecule has 0 saturated heterocycles. The van der Waals surface area contributed by atoms with Gasteiger partial charge in [-0.25, -0.2) is 0 Å². The molecule has 0 radical (unpaired) electrons. The average molecular weight is 246 g/mol. The highest BCUT2D eigenvalue weighted by Crippen LogP contribution is 2.24. The summed E-state index contributed by atoms with van der Waals surface area (Å²) in [6.45, 7) is 0. The van der Waals surface area contributed by atoms with Gasteiger partial charge >= 0.3 is 0 Å². The smallest absolute Gasteiger partial charge is 0.221 e. The number of phenolic OH excluding ortho intramolecular Hbond substituents is 1. The maximum Gasteiger partial charge on any atom is 0.221 e. The van der Waals surface area contributed by atoms with Gasteiger partial charge in [0.1, 0.15) is 5.75 Å². The SMILES string of the molecule is NC(=S)N[NH+]=Cc1c(O)ccc2ccccc12. The Hall–Kier alpha value is -2.14. The molecule has 2 aromatic carbocycles. The molecular formula is C12H12N3OS+. The molecule has 0 aromatic heterocycles. The van der Waals surface area contributed by atoms with Gasteiger partial charge in [-0.2, -0.15) is 0 Å². The Labute approximate surface area is 104 Å². The van der Waals surface area contributed by atoms with Crippen LogP contribution in [0.15, 0.2) is 36.4 Å². The first-order valence-electron chi connectivity index (χ1n) is 5.03. The lowest BCUT2D eigenvalue weighted by molar-refractivity contribution is -0.499. The van der Waals surface area contributed by atoms with Crippen molar-refractivity contribution in [2.24, 2.45) is 5.73 Å². The Morgan fingerprint density at radius 3 is 2.82 bits per heavy atom. The summed E-state index contributed by atoms with van der Waals surface area (Å²) in [4.78, 5) is 0. The van der Waals surface area contributed by atoms with Crippen LogP contribution in [-0.4, -0.2) is 16.4 Å². The van der Waals surface area contributed by atoms with E-state index in [0.717, 1.165) is 10.8 Å². The number of thiocarbonyl (C=S) groups is 1. The number of hydrazine groups is 1. The Balaban J connectivity index is 2.47. The first kappa shape index (κ1) is 11.3. The largest absolute Gasteiger partial charge is 0.507 e. The lowest BCUT2D eigenvalue weighted by atomic mass is 10.0. The average Bonchev–Trinajstić information content (AvgIpc) is 2.32. The third kappa shape index (κ3) is 2.51. The van der Waals surface area contributed by atoms with E-state index in [4.69, 9.17) is 5.73 Å². The number of aromatic hydroxyl groups is 1. The van der Waals surface area contributed by atoms with Crippen LogP contribution in [0.2, 0.25) is 0 Å². The lowest BCUT2D eigenvalue weighted by Gasteiger charge is -2.02. The van der Waals surface area contributed by atoms with E-state index in [0.29, 0.717) is 5.56 Å². The second-order valence-corrected chi connectivity index (χ2v) is 3.94. The van der Waals surface area contributed by atoms with E-state index in [1.54, 1.807) is 12.3 Å². The summed E-state index contributed by atoms with van der Waals surface area (Å²) in [5.41, 5.74) is 8.55. The molecule has 2 aromatic rings. The predicted molar refractivity (Wildman–Crippen MR) is 71.7 cm³/mol. The monoisotopic (exact) mass is 246 g/mol. The number of hydrogen-bond acceptors (Lipinski definition) is 2. The predicted octanol–water partition coefficient (Wildman–Crippen LogP) is -0.207. The summed E-state index contributed by atoms with van der Waals surface area (Å²) >= 11 is 4.66. The zero-order chi connectivity index (χ0) is 12.3. The van der Waals surface area contributed by atoms with E-state index < -0.39 is 0 Å². The zero-order valence-electron chi connectivity index (χ0n) is 8.97. The number of hydrogen-bond donors (Lipinski definition) is 4. The molecule has 0 aliphatic rings. The van der Waals surface area contributed by atoms with Gasteiger partial charge in [-0.15, -0.1) is 10.5 Å². The Morgan fingerprint density at radius 1 is 1.29 bits per heavy atom. The molecule has 0 heterocycles. The minimum absolute atomic E-state index is 0.140. The van der Waals surface area contributed by atoms with E-state index in [1.807, 2.05) is 30.3 Å². The van der Waals surface area contributed by atoms with Gasteiger partial charge < -0.3 is 10.8 Å². The third-order valence-corrected chi connectivity index (χ3v) is 2.46. The summed E-state index contributed by atoms with van der Waals surface area (Å²) in [6, 6.07) is 11.3. The Morgan fingerprint density at radius 2 is 2.06 bits per heavy atom. The molecule has 5 heteroatoms. The van der Waals surface area contributed by atoms with Crippen LogP contribution >= 0.6 is 12.2 Å². The molecule has 0 amide bonds. The molecule has 0 aliphatic carbocycles. The third-order valence-electron chi connectivity index (χ3n) is 2.36. The van der Waals surface area contributed by atoms with Gasteiger partial charge in [0, 0.05) is 0 Å². The number of rotatable bonds is 2. The maximum absolute atomic E-state index is 9.81. The van der Waals surface area contributed by atoms with Crippen molar-refractivity contribution in [3.05, 3.63) is 42.0 Å². The van der Waals surface area contributed by atoms with Crippen LogP contribution < -0.4 is 16.3 Å². The summed E-state index contributed by atoms with van der Waals surface area (Å²) in [6.07, 6.45) is 1.62. The van der Waals surface area contributed by atoms with Crippen LogP contribution in [0.1, 0.15) is 5.56 Å². The number of fused-ring (bicyclic) bond motifs is 1. The summed E-state index contributed by atoms with van der Waals surface area (Å²) in [5.74, 6) is 0.195. The molecule has 0 bridgehead atoms. The standard InChI is InChI=1S/C12H11N3OS/c13-12(17)15-14-7-10-9-4-2-1-3-8(9)5-6-11(10)16/h1-7,16H,(H3,13,15,17)/p+1. The molecule has 17 heavy (non-hydrogen) atoms. The van der Waals surface area contributed by atoms with Gasteiger partial charge in [0.15, 0.2) is 0 Å². The summed E-state index contributed by atoms with van der Waals surface area (Å²) in [7, 11) is 0. The second kappa shape index (κ2) is 4.80. The first-order valence-corrected chi connectivity index (χ1v) is 5.44. The van der Waals surface area contributed by atoms with Gasteiger partial charge in [-0.05, 0) is 29.1 Å². The normalized spacial score (nSPS) is 10.8. The van der Waals surface area contributed by atoms with Gasteiger partial charge in [-0.1, -0.05) is 30.3 Å². The van der Waals surface area contributed by atoms with Crippen LogP contribution in [0.3, 0.4) is 0 Å². The molecule has 86 valence electrons. The topological polar surface area (TPSA) is 72.2 Å². The van der Waals surface area contributed by atoms with Crippen LogP contribution in [0.25, 0.3) is 10.8 Å². The van der Waals surface area contributed by atoms with Crippen molar-refractivity contribution in [3.8, 4) is 5.75 Å². The number of nitrogens with two attached hydrogens (primary N) is 1. The number of phenols is 1. The quantitative estimate of drug-likeness (QED) is 0.336. The van der Waals surface area contributed by atoms with Crippen molar-refractivity contribution in [1.82, 2.24) is 5.43 Å². The number of hydrazone groups is 1. The molecule has 5 N–H and O–H groups in total.